The predicted molar refractivity (Wildman–Crippen MR) is 140 cm³/mol. The van der Waals surface area contributed by atoms with Crippen molar-refractivity contribution in [2.45, 2.75) is 42.5 Å². The van der Waals surface area contributed by atoms with Gasteiger partial charge in [0.1, 0.15) is 17.7 Å². The molecule has 0 atom stereocenters. The molecule has 0 spiro atoms. The Bertz CT molecular complexity index is 1710. The maximum Gasteiger partial charge on any atom is 0.291 e. The van der Waals surface area contributed by atoms with Gasteiger partial charge in [-0.25, -0.2) is 27.2 Å². The number of alkyl halides is 2. The minimum absolute atomic E-state index is 0.0655. The highest BCUT2D eigenvalue weighted by atomic mass is 32.2. The summed E-state index contributed by atoms with van der Waals surface area (Å²) in [7, 11) is -2.12. The molecular weight excluding hydrogens is 550 g/mol. The predicted octanol–water partition coefficient (Wildman–Crippen LogP) is 3.56. The zero-order valence-electron chi connectivity index (χ0n) is 20.8. The molecule has 0 bridgehead atoms. The first-order valence-corrected chi connectivity index (χ1v) is 14.7. The van der Waals surface area contributed by atoms with Crippen molar-refractivity contribution in [1.82, 2.24) is 29.5 Å². The normalized spacial score (nSPS) is 17.6. The molecule has 1 aliphatic carbocycles. The van der Waals surface area contributed by atoms with Crippen molar-refractivity contribution in [3.8, 4) is 11.2 Å². The highest BCUT2D eigenvalue weighted by molar-refractivity contribution is 7.89. The van der Waals surface area contributed by atoms with E-state index in [0.29, 0.717) is 71.1 Å². The first kappa shape index (κ1) is 25.9. The molecule has 1 aromatic carbocycles. The van der Waals surface area contributed by atoms with Crippen LogP contribution in [0.25, 0.3) is 27.1 Å². The van der Waals surface area contributed by atoms with E-state index in [1.807, 2.05) is 18.0 Å². The SMILES string of the molecule is CN(CC1CCOCC1)c1ncnc2c1c1ccc(S(=O)(=O)NC3(C#N)CC3)cc1n2-c1nnc(C(F)F)s1. The standard InChI is InChI=1S/C24H24F2N8O3S2/c1-33(11-14-4-8-37-9-5-14)20-18-16-3-2-15(39(35,36)32-24(12-27)6-7-24)10-17(16)34(21(18)29-13-28-20)23-31-30-22(38-23)19(25)26/h2-3,10,13-14,19,32H,4-9,11H2,1H3. The number of benzene rings is 1. The van der Waals surface area contributed by atoms with Gasteiger partial charge in [0, 0.05) is 32.2 Å². The van der Waals surface area contributed by atoms with E-state index in [0.717, 1.165) is 19.4 Å². The monoisotopic (exact) mass is 574 g/mol. The summed E-state index contributed by atoms with van der Waals surface area (Å²) in [6.45, 7) is 2.14. The lowest BCUT2D eigenvalue weighted by Gasteiger charge is -2.28. The number of rotatable bonds is 8. The highest BCUT2D eigenvalue weighted by Gasteiger charge is 2.46. The van der Waals surface area contributed by atoms with Crippen LogP contribution in [0.4, 0.5) is 14.6 Å². The van der Waals surface area contributed by atoms with Crippen LogP contribution < -0.4 is 9.62 Å². The van der Waals surface area contributed by atoms with Gasteiger partial charge in [-0.2, -0.15) is 9.98 Å². The number of nitriles is 1. The number of nitrogens with zero attached hydrogens (tertiary/aromatic N) is 7. The Hall–Kier alpha value is -3.32. The van der Waals surface area contributed by atoms with Gasteiger partial charge in [-0.15, -0.1) is 10.2 Å². The van der Waals surface area contributed by atoms with Crippen molar-refractivity contribution in [3.63, 3.8) is 0 Å². The Morgan fingerprint density at radius 2 is 2.05 bits per heavy atom. The zero-order valence-corrected chi connectivity index (χ0v) is 22.5. The average Bonchev–Trinajstić information content (AvgIpc) is 3.37. The molecule has 15 heteroatoms. The van der Waals surface area contributed by atoms with Crippen molar-refractivity contribution < 1.29 is 21.9 Å². The molecule has 6 rings (SSSR count). The third-order valence-electron chi connectivity index (χ3n) is 7.14. The Labute approximate surface area is 226 Å². The van der Waals surface area contributed by atoms with Crippen LogP contribution in [0.15, 0.2) is 29.4 Å². The molecule has 0 unspecified atom stereocenters. The second-order valence-corrected chi connectivity index (χ2v) is 12.5. The second kappa shape index (κ2) is 9.70. The van der Waals surface area contributed by atoms with Gasteiger partial charge >= 0.3 is 0 Å². The number of hydrogen-bond acceptors (Lipinski definition) is 10. The fourth-order valence-corrected chi connectivity index (χ4v) is 7.05. The van der Waals surface area contributed by atoms with E-state index in [1.165, 1.54) is 23.0 Å². The van der Waals surface area contributed by atoms with Crippen molar-refractivity contribution in [1.29, 1.82) is 5.26 Å². The minimum Gasteiger partial charge on any atom is -0.381 e. The maximum absolute atomic E-state index is 13.4. The van der Waals surface area contributed by atoms with E-state index in [-0.39, 0.29) is 10.0 Å². The van der Waals surface area contributed by atoms with E-state index in [4.69, 9.17) is 4.74 Å². The van der Waals surface area contributed by atoms with Crippen molar-refractivity contribution in [3.05, 3.63) is 29.5 Å². The Kier molecular flexibility index (Phi) is 6.45. The lowest BCUT2D eigenvalue weighted by atomic mass is 10.00. The molecule has 1 N–H and O–H groups in total. The molecule has 4 heterocycles. The number of ether oxygens (including phenoxy) is 1. The Morgan fingerprint density at radius 3 is 2.72 bits per heavy atom. The van der Waals surface area contributed by atoms with Crippen LogP contribution in [0, 0.1) is 17.2 Å². The molecule has 1 aliphatic heterocycles. The van der Waals surface area contributed by atoms with E-state index >= 15 is 0 Å². The topological polar surface area (TPSA) is 139 Å². The Balaban J connectivity index is 1.52. The first-order valence-electron chi connectivity index (χ1n) is 12.4. The molecule has 2 fully saturated rings. The molecule has 4 aromatic rings. The molecule has 11 nitrogen and oxygen atoms in total. The highest BCUT2D eigenvalue weighted by Crippen LogP contribution is 2.40. The lowest BCUT2D eigenvalue weighted by Crippen LogP contribution is -2.35. The number of nitrogens with one attached hydrogen (secondary N) is 1. The lowest BCUT2D eigenvalue weighted by molar-refractivity contribution is 0.0685. The summed E-state index contributed by atoms with van der Waals surface area (Å²) in [6, 6.07) is 6.58. The molecular formula is C24H24F2N8O3S2. The molecule has 204 valence electrons. The smallest absolute Gasteiger partial charge is 0.291 e. The summed E-state index contributed by atoms with van der Waals surface area (Å²) in [6.07, 6.45) is 1.32. The molecule has 3 aromatic heterocycles. The molecule has 1 saturated heterocycles. The number of hydrogen-bond donors (Lipinski definition) is 1. The van der Waals surface area contributed by atoms with Crippen LogP contribution in [-0.2, 0) is 14.8 Å². The minimum atomic E-state index is -4.05. The van der Waals surface area contributed by atoms with Crippen molar-refractivity contribution in [2.75, 3.05) is 31.7 Å². The number of halogens is 2. The fourth-order valence-electron chi connectivity index (χ4n) is 4.94. The van der Waals surface area contributed by atoms with Crippen LogP contribution in [-0.4, -0.2) is 65.5 Å². The molecule has 0 amide bonds. The van der Waals surface area contributed by atoms with E-state index in [9.17, 15) is 22.5 Å². The quantitative estimate of drug-likeness (QED) is 0.335. The molecule has 39 heavy (non-hydrogen) atoms. The van der Waals surface area contributed by atoms with Gasteiger partial charge in [0.25, 0.3) is 6.43 Å². The van der Waals surface area contributed by atoms with Gasteiger partial charge in [-0.05, 0) is 43.7 Å². The van der Waals surface area contributed by atoms with Crippen LogP contribution in [0.2, 0.25) is 0 Å². The summed E-state index contributed by atoms with van der Waals surface area (Å²) in [4.78, 5) is 11.0. The Morgan fingerprint density at radius 1 is 1.28 bits per heavy atom. The van der Waals surface area contributed by atoms with Gasteiger partial charge in [0.2, 0.25) is 15.2 Å². The summed E-state index contributed by atoms with van der Waals surface area (Å²) >= 11 is 0.703. The maximum atomic E-state index is 13.4. The van der Waals surface area contributed by atoms with Crippen LogP contribution in [0.1, 0.15) is 37.1 Å². The van der Waals surface area contributed by atoms with Gasteiger partial charge in [-0.3, -0.25) is 4.57 Å². The third kappa shape index (κ3) is 4.71. The number of fused-ring (bicyclic) bond motifs is 3. The summed E-state index contributed by atoms with van der Waals surface area (Å²) in [5, 5.41) is 17.9. The van der Waals surface area contributed by atoms with Gasteiger partial charge in [0.15, 0.2) is 10.7 Å². The molecule has 0 radical (unpaired) electrons. The van der Waals surface area contributed by atoms with Gasteiger partial charge < -0.3 is 9.64 Å². The average molecular weight is 575 g/mol. The number of aromatic nitrogens is 5. The summed E-state index contributed by atoms with van der Waals surface area (Å²) in [5.41, 5.74) is -0.311. The second-order valence-electron chi connectivity index (χ2n) is 9.87. The first-order chi connectivity index (χ1) is 18.7. The third-order valence-corrected chi connectivity index (χ3v) is 9.59. The van der Waals surface area contributed by atoms with Crippen molar-refractivity contribution >= 4 is 49.1 Å². The molecule has 1 saturated carbocycles. The molecule has 2 aliphatic rings. The summed E-state index contributed by atoms with van der Waals surface area (Å²) < 4.78 is 62.7. The van der Waals surface area contributed by atoms with Crippen LogP contribution in [0.3, 0.4) is 0 Å². The fraction of sp³-hybridized carbons (Fsp3) is 0.458. The van der Waals surface area contributed by atoms with Crippen LogP contribution in [0.5, 0.6) is 0 Å². The van der Waals surface area contributed by atoms with Crippen molar-refractivity contribution in [2.24, 2.45) is 5.92 Å². The zero-order chi connectivity index (χ0) is 27.4. The van der Waals surface area contributed by atoms with E-state index in [1.54, 1.807) is 6.07 Å². The van der Waals surface area contributed by atoms with E-state index < -0.39 is 27.0 Å². The van der Waals surface area contributed by atoms with Gasteiger partial charge in [0.05, 0.1) is 21.9 Å². The number of sulfonamides is 1. The van der Waals surface area contributed by atoms with Crippen LogP contribution >= 0.6 is 11.3 Å². The number of anilines is 1. The summed E-state index contributed by atoms with van der Waals surface area (Å²) in [5.74, 6) is 1.04. The largest absolute Gasteiger partial charge is 0.381 e. The van der Waals surface area contributed by atoms with E-state index in [2.05, 4.69) is 24.9 Å². The van der Waals surface area contributed by atoms with Gasteiger partial charge in [-0.1, -0.05) is 17.4 Å².